The third kappa shape index (κ3) is 3.64. The van der Waals surface area contributed by atoms with Crippen LogP contribution in [0.1, 0.15) is 64.9 Å². The van der Waals surface area contributed by atoms with Gasteiger partial charge in [0, 0.05) is 28.3 Å². The van der Waals surface area contributed by atoms with E-state index in [9.17, 15) is 4.79 Å². The summed E-state index contributed by atoms with van der Waals surface area (Å²) in [5.41, 5.74) is 17.1. The van der Waals surface area contributed by atoms with Crippen molar-refractivity contribution in [2.45, 2.75) is 71.9 Å². The van der Waals surface area contributed by atoms with E-state index in [1.165, 1.54) is 45.5 Å². The number of amides is 1. The Morgan fingerprint density at radius 3 is 2.86 bits per heavy atom. The SMILES string of the molecule is CC(C)NC(=O)C1CCC2=C1C1=C(C2)C2=C(NN1)C1(C)CCCC=C1C(OCc1ccccc1)=C2. The monoisotopic (exact) mass is 469 g/mol. The number of hydrogen-bond donors (Lipinski definition) is 3. The van der Waals surface area contributed by atoms with Crippen molar-refractivity contribution in [2.24, 2.45) is 11.3 Å². The molecule has 4 aliphatic carbocycles. The van der Waals surface area contributed by atoms with E-state index in [1.807, 2.05) is 19.9 Å². The molecule has 1 heterocycles. The number of carbonyl (C=O) groups excluding carboxylic acids is 1. The van der Waals surface area contributed by atoms with E-state index in [-0.39, 0.29) is 23.3 Å². The number of carbonyl (C=O) groups is 1. The number of nitrogens with one attached hydrogen (secondary N) is 3. The summed E-state index contributed by atoms with van der Waals surface area (Å²) >= 11 is 0. The minimum Gasteiger partial charge on any atom is -0.489 e. The molecule has 2 atom stereocenters. The zero-order chi connectivity index (χ0) is 24.2. The molecular formula is C30H35N3O2. The number of allylic oxidation sites excluding steroid dienone is 8. The standard InChI is InChI=1S/C30H35N3O2/c1-18(2)31-29(34)21-13-12-20-15-22-23-16-25(35-17-19-9-5-4-6-10-19)24-11-7-8-14-30(24,3)28(23)33-32-27(22)26(20)21/h4-6,9-11,16,18,21,32-33H,7-8,12-15,17H2,1-3H3,(H,31,34). The lowest BCUT2D eigenvalue weighted by atomic mass is 9.66. The lowest BCUT2D eigenvalue weighted by Gasteiger charge is -2.44. The molecule has 35 heavy (non-hydrogen) atoms. The second kappa shape index (κ2) is 8.47. The molecule has 0 saturated carbocycles. The van der Waals surface area contributed by atoms with E-state index < -0.39 is 0 Å². The Bertz CT molecular complexity index is 1230. The Balaban J connectivity index is 1.37. The first-order valence-electron chi connectivity index (χ1n) is 13.1. The molecule has 0 bridgehead atoms. The topological polar surface area (TPSA) is 62.4 Å². The highest BCUT2D eigenvalue weighted by Gasteiger charge is 2.47. The zero-order valence-electron chi connectivity index (χ0n) is 21.0. The zero-order valence-corrected chi connectivity index (χ0v) is 21.0. The van der Waals surface area contributed by atoms with Crippen molar-refractivity contribution in [2.75, 3.05) is 0 Å². The van der Waals surface area contributed by atoms with Crippen molar-refractivity contribution >= 4 is 5.91 Å². The van der Waals surface area contributed by atoms with E-state index in [0.717, 1.165) is 43.6 Å². The van der Waals surface area contributed by atoms with Crippen LogP contribution >= 0.6 is 0 Å². The predicted octanol–water partition coefficient (Wildman–Crippen LogP) is 5.47. The number of benzene rings is 1. The van der Waals surface area contributed by atoms with Gasteiger partial charge >= 0.3 is 0 Å². The molecule has 3 N–H and O–H groups in total. The maximum absolute atomic E-state index is 13.0. The van der Waals surface area contributed by atoms with Crippen LogP contribution in [0.25, 0.3) is 0 Å². The molecule has 5 heteroatoms. The van der Waals surface area contributed by atoms with Gasteiger partial charge in [-0.2, -0.15) is 0 Å². The largest absolute Gasteiger partial charge is 0.489 e. The minimum atomic E-state index is -0.110. The first kappa shape index (κ1) is 22.3. The highest BCUT2D eigenvalue weighted by atomic mass is 16.5. The molecule has 0 saturated heterocycles. The maximum atomic E-state index is 13.0. The first-order valence-corrected chi connectivity index (χ1v) is 13.1. The average Bonchev–Trinajstić information content (AvgIpc) is 3.42. The van der Waals surface area contributed by atoms with E-state index in [1.54, 1.807) is 0 Å². The van der Waals surface area contributed by atoms with Crippen molar-refractivity contribution in [1.82, 2.24) is 16.2 Å². The molecule has 1 aliphatic heterocycles. The Morgan fingerprint density at radius 2 is 2.06 bits per heavy atom. The fourth-order valence-electron chi connectivity index (χ4n) is 6.56. The molecular weight excluding hydrogens is 434 g/mol. The van der Waals surface area contributed by atoms with Gasteiger partial charge in [0.25, 0.3) is 0 Å². The molecule has 1 aromatic rings. The maximum Gasteiger partial charge on any atom is 0.227 e. The number of rotatable bonds is 5. The van der Waals surface area contributed by atoms with Crippen LogP contribution in [0.4, 0.5) is 0 Å². The summed E-state index contributed by atoms with van der Waals surface area (Å²) in [6.07, 6.45) is 10.8. The van der Waals surface area contributed by atoms with Crippen LogP contribution in [0.15, 0.2) is 87.5 Å². The van der Waals surface area contributed by atoms with Crippen molar-refractivity contribution in [3.63, 3.8) is 0 Å². The van der Waals surface area contributed by atoms with Crippen LogP contribution < -0.4 is 16.2 Å². The van der Waals surface area contributed by atoms with Crippen molar-refractivity contribution in [3.05, 3.63) is 93.1 Å². The van der Waals surface area contributed by atoms with E-state index >= 15 is 0 Å². The van der Waals surface area contributed by atoms with Gasteiger partial charge in [0.05, 0.1) is 11.6 Å². The van der Waals surface area contributed by atoms with Gasteiger partial charge in [-0.15, -0.1) is 0 Å². The second-order valence-corrected chi connectivity index (χ2v) is 11.0. The molecule has 0 aromatic heterocycles. The first-order chi connectivity index (χ1) is 17.0. The van der Waals surface area contributed by atoms with Gasteiger partial charge in [-0.3, -0.25) is 4.79 Å². The van der Waals surface area contributed by atoms with Gasteiger partial charge in [0.1, 0.15) is 12.4 Å². The third-order valence-corrected chi connectivity index (χ3v) is 8.23. The Kier molecular flexibility index (Phi) is 5.39. The Hall–Kier alpha value is -3.21. The van der Waals surface area contributed by atoms with Gasteiger partial charge < -0.3 is 20.9 Å². The van der Waals surface area contributed by atoms with Gasteiger partial charge in [-0.1, -0.05) is 42.0 Å². The smallest absolute Gasteiger partial charge is 0.227 e. The van der Waals surface area contributed by atoms with Gasteiger partial charge in [-0.05, 0) is 82.1 Å². The van der Waals surface area contributed by atoms with E-state index in [4.69, 9.17) is 4.74 Å². The lowest BCUT2D eigenvalue weighted by molar-refractivity contribution is -0.124. The van der Waals surface area contributed by atoms with E-state index in [0.29, 0.717) is 6.61 Å². The Labute approximate surface area is 208 Å². The van der Waals surface area contributed by atoms with Crippen LogP contribution in [-0.4, -0.2) is 11.9 Å². The fourth-order valence-corrected chi connectivity index (χ4v) is 6.56. The molecule has 182 valence electrons. The van der Waals surface area contributed by atoms with Crippen LogP contribution in [0.5, 0.6) is 0 Å². The number of fused-ring (bicyclic) bond motifs is 4. The molecule has 1 amide bonds. The van der Waals surface area contributed by atoms with Crippen LogP contribution in [0.2, 0.25) is 0 Å². The highest BCUT2D eigenvalue weighted by molar-refractivity contribution is 5.85. The third-order valence-electron chi connectivity index (χ3n) is 8.23. The summed E-state index contributed by atoms with van der Waals surface area (Å²) in [5.74, 6) is 1.07. The summed E-state index contributed by atoms with van der Waals surface area (Å²) in [4.78, 5) is 13.0. The predicted molar refractivity (Wildman–Crippen MR) is 137 cm³/mol. The minimum absolute atomic E-state index is 0.0709. The molecule has 1 aromatic carbocycles. The normalized spacial score (nSPS) is 26.8. The van der Waals surface area contributed by atoms with E-state index in [2.05, 4.69) is 59.5 Å². The summed E-state index contributed by atoms with van der Waals surface area (Å²) in [6.45, 7) is 6.96. The molecule has 0 fully saturated rings. The molecule has 2 unspecified atom stereocenters. The van der Waals surface area contributed by atoms with Crippen LogP contribution in [0, 0.1) is 11.3 Å². The number of hydrogen-bond acceptors (Lipinski definition) is 4. The molecule has 6 rings (SSSR count). The Morgan fingerprint density at radius 1 is 1.23 bits per heavy atom. The second-order valence-electron chi connectivity index (χ2n) is 11.0. The average molecular weight is 470 g/mol. The molecule has 5 nitrogen and oxygen atoms in total. The molecule has 0 spiro atoms. The summed E-state index contributed by atoms with van der Waals surface area (Å²) in [6, 6.07) is 10.5. The summed E-state index contributed by atoms with van der Waals surface area (Å²) in [7, 11) is 0. The van der Waals surface area contributed by atoms with Crippen LogP contribution in [-0.2, 0) is 16.1 Å². The van der Waals surface area contributed by atoms with Gasteiger partial charge in [-0.25, -0.2) is 0 Å². The number of hydrazine groups is 1. The van der Waals surface area contributed by atoms with Crippen molar-refractivity contribution in [3.8, 4) is 0 Å². The summed E-state index contributed by atoms with van der Waals surface area (Å²) < 4.78 is 6.51. The van der Waals surface area contributed by atoms with Gasteiger partial charge in [0.2, 0.25) is 5.91 Å². The lowest BCUT2D eigenvalue weighted by Crippen LogP contribution is -2.46. The van der Waals surface area contributed by atoms with Crippen molar-refractivity contribution in [1.29, 1.82) is 0 Å². The van der Waals surface area contributed by atoms with Crippen molar-refractivity contribution < 1.29 is 9.53 Å². The number of ether oxygens (including phenoxy) is 1. The van der Waals surface area contributed by atoms with Gasteiger partial charge in [0.15, 0.2) is 0 Å². The molecule has 0 radical (unpaired) electrons. The fraction of sp³-hybridized carbons (Fsp3) is 0.433. The van der Waals surface area contributed by atoms with Crippen LogP contribution in [0.3, 0.4) is 0 Å². The summed E-state index contributed by atoms with van der Waals surface area (Å²) in [5, 5.41) is 3.14. The molecule has 5 aliphatic rings. The highest BCUT2D eigenvalue weighted by Crippen LogP contribution is 2.55. The quantitative estimate of drug-likeness (QED) is 0.535.